The summed E-state index contributed by atoms with van der Waals surface area (Å²) in [5.74, 6) is -0.963. The molecule has 2 amide bonds. The number of ether oxygens (including phenoxy) is 2. The molecule has 0 radical (unpaired) electrons. The minimum Gasteiger partial charge on any atom is -0.481 e. The van der Waals surface area contributed by atoms with Gasteiger partial charge < -0.3 is 19.7 Å². The minimum absolute atomic E-state index is 0.0687. The predicted molar refractivity (Wildman–Crippen MR) is 121 cm³/mol. The third-order valence-electron chi connectivity index (χ3n) is 7.36. The number of pyridine rings is 1. The number of likely N-dealkylation sites (tertiary alicyclic amines) is 1. The van der Waals surface area contributed by atoms with Crippen molar-refractivity contribution in [1.82, 2.24) is 15.2 Å². The molecule has 2 atom stereocenters. The number of piperidine rings is 2. The van der Waals surface area contributed by atoms with E-state index >= 15 is 0 Å². The van der Waals surface area contributed by atoms with Crippen molar-refractivity contribution in [2.45, 2.75) is 37.0 Å². The number of carbonyl (C=O) groups excluding carboxylic acids is 2. The van der Waals surface area contributed by atoms with Gasteiger partial charge in [-0.2, -0.15) is 13.2 Å². The highest BCUT2D eigenvalue weighted by Crippen LogP contribution is 2.51. The van der Waals surface area contributed by atoms with Crippen LogP contribution in [0, 0.1) is 5.41 Å². The zero-order valence-electron chi connectivity index (χ0n) is 19.6. The maximum atomic E-state index is 14.4. The van der Waals surface area contributed by atoms with Crippen molar-refractivity contribution < 1.29 is 32.2 Å². The number of nitrogens with one attached hydrogen (secondary N) is 1. The molecule has 0 saturated carbocycles. The van der Waals surface area contributed by atoms with Gasteiger partial charge in [-0.25, -0.2) is 4.98 Å². The second-order valence-electron chi connectivity index (χ2n) is 9.04. The van der Waals surface area contributed by atoms with Crippen LogP contribution in [0.1, 0.15) is 36.3 Å². The maximum Gasteiger partial charge on any atom is 0.430 e. The molecule has 2 saturated heterocycles. The van der Waals surface area contributed by atoms with Gasteiger partial charge in [0.25, 0.3) is 11.5 Å². The zero-order chi connectivity index (χ0) is 25.3. The highest BCUT2D eigenvalue weighted by Gasteiger charge is 2.64. The highest BCUT2D eigenvalue weighted by atomic mass is 19.4. The molecule has 3 heterocycles. The number of methoxy groups -OCH3 is 2. The summed E-state index contributed by atoms with van der Waals surface area (Å²) in [6.45, 7) is 0.502. The molecule has 0 bridgehead atoms. The molecule has 35 heavy (non-hydrogen) atoms. The maximum absolute atomic E-state index is 14.4. The lowest BCUT2D eigenvalue weighted by molar-refractivity contribution is -0.271. The fourth-order valence-electron chi connectivity index (χ4n) is 5.52. The Balaban J connectivity index is 1.64. The molecule has 1 aromatic heterocycles. The van der Waals surface area contributed by atoms with Crippen molar-refractivity contribution in [3.05, 3.63) is 59.8 Å². The first-order chi connectivity index (χ1) is 16.7. The highest BCUT2D eigenvalue weighted by molar-refractivity contribution is 5.88. The van der Waals surface area contributed by atoms with Crippen molar-refractivity contribution in [2.75, 3.05) is 33.9 Å². The number of aromatic nitrogens is 1. The van der Waals surface area contributed by atoms with Crippen LogP contribution in [0.5, 0.6) is 5.88 Å². The normalized spacial score (nSPS) is 21.8. The largest absolute Gasteiger partial charge is 0.481 e. The molecule has 1 N–H and O–H groups in total. The standard InChI is InChI=1S/C25H28F3N3O4/c1-34-21-18(9-6-12-29-21)19-16-30-20(32)15-23(19)10-13-31(14-11-23)22(33)24(35-2,25(26,27)28)17-7-4-3-5-8-17/h3-9,12,19H,10-11,13-16H2,1-2H3,(H,30,32)/t19-,24+/m0/s1. The van der Waals surface area contributed by atoms with Crippen LogP contribution in [0.2, 0.25) is 0 Å². The molecule has 10 heteroatoms. The summed E-state index contributed by atoms with van der Waals surface area (Å²) in [4.78, 5) is 31.3. The number of nitrogens with zero attached hydrogens (tertiary/aromatic N) is 2. The molecule has 2 aliphatic rings. The Morgan fingerprint density at radius 2 is 1.80 bits per heavy atom. The van der Waals surface area contributed by atoms with E-state index in [-0.39, 0.29) is 36.9 Å². The van der Waals surface area contributed by atoms with Crippen molar-refractivity contribution in [1.29, 1.82) is 0 Å². The topological polar surface area (TPSA) is 80.8 Å². The van der Waals surface area contributed by atoms with Crippen LogP contribution in [0.15, 0.2) is 48.7 Å². The van der Waals surface area contributed by atoms with Gasteiger partial charge in [0, 0.05) is 56.4 Å². The van der Waals surface area contributed by atoms with Gasteiger partial charge in [0.2, 0.25) is 11.8 Å². The summed E-state index contributed by atoms with van der Waals surface area (Å²) in [5.41, 5.74) is -3.07. The number of alkyl halides is 3. The van der Waals surface area contributed by atoms with Crippen LogP contribution in [0.3, 0.4) is 0 Å². The van der Waals surface area contributed by atoms with Gasteiger partial charge in [-0.1, -0.05) is 36.4 Å². The number of hydrogen-bond donors (Lipinski definition) is 1. The van der Waals surface area contributed by atoms with Crippen molar-refractivity contribution >= 4 is 11.8 Å². The molecular weight excluding hydrogens is 463 g/mol. The summed E-state index contributed by atoms with van der Waals surface area (Å²) in [7, 11) is 2.42. The lowest BCUT2D eigenvalue weighted by atomic mass is 9.62. The molecule has 4 rings (SSSR count). The fraction of sp³-hybridized carbons (Fsp3) is 0.480. The Labute approximate surface area is 201 Å². The van der Waals surface area contributed by atoms with Crippen LogP contribution in [0.25, 0.3) is 0 Å². The number of halogens is 3. The van der Waals surface area contributed by atoms with Crippen molar-refractivity contribution in [3.8, 4) is 5.88 Å². The monoisotopic (exact) mass is 491 g/mol. The van der Waals surface area contributed by atoms with Gasteiger partial charge in [-0.05, 0) is 24.3 Å². The fourth-order valence-corrected chi connectivity index (χ4v) is 5.52. The van der Waals surface area contributed by atoms with Gasteiger partial charge in [-0.15, -0.1) is 0 Å². The molecule has 2 aromatic rings. The average molecular weight is 492 g/mol. The Morgan fingerprint density at radius 1 is 1.11 bits per heavy atom. The van der Waals surface area contributed by atoms with Gasteiger partial charge in [-0.3, -0.25) is 9.59 Å². The summed E-state index contributed by atoms with van der Waals surface area (Å²) in [5, 5.41) is 2.89. The van der Waals surface area contributed by atoms with Crippen molar-refractivity contribution in [3.63, 3.8) is 0 Å². The number of rotatable bonds is 5. The van der Waals surface area contributed by atoms with Crippen LogP contribution >= 0.6 is 0 Å². The van der Waals surface area contributed by atoms with E-state index in [0.717, 1.165) is 12.7 Å². The molecule has 0 aliphatic carbocycles. The second-order valence-corrected chi connectivity index (χ2v) is 9.04. The van der Waals surface area contributed by atoms with Crippen molar-refractivity contribution in [2.24, 2.45) is 5.41 Å². The molecule has 2 aliphatic heterocycles. The average Bonchev–Trinajstić information content (AvgIpc) is 2.85. The third kappa shape index (κ3) is 4.24. The molecule has 7 nitrogen and oxygen atoms in total. The van der Waals surface area contributed by atoms with E-state index in [4.69, 9.17) is 9.47 Å². The van der Waals surface area contributed by atoms with Gasteiger partial charge in [0.1, 0.15) is 0 Å². The molecular formula is C25H28F3N3O4. The molecule has 2 fully saturated rings. The first kappa shape index (κ1) is 25.0. The number of hydrogen-bond acceptors (Lipinski definition) is 5. The summed E-state index contributed by atoms with van der Waals surface area (Å²) < 4.78 is 53.6. The lowest BCUT2D eigenvalue weighted by Gasteiger charge is -2.50. The summed E-state index contributed by atoms with van der Waals surface area (Å²) in [6, 6.07) is 10.6. The van der Waals surface area contributed by atoms with Crippen LogP contribution in [-0.2, 0) is 19.9 Å². The Kier molecular flexibility index (Phi) is 6.77. The number of carbonyl (C=O) groups is 2. The molecule has 1 spiro atoms. The third-order valence-corrected chi connectivity index (χ3v) is 7.36. The van der Waals surface area contributed by atoms with E-state index in [2.05, 4.69) is 10.3 Å². The van der Waals surface area contributed by atoms with E-state index in [1.807, 2.05) is 6.07 Å². The van der Waals surface area contributed by atoms with E-state index < -0.39 is 23.1 Å². The summed E-state index contributed by atoms with van der Waals surface area (Å²) >= 11 is 0. The lowest BCUT2D eigenvalue weighted by Crippen LogP contribution is -2.60. The second kappa shape index (κ2) is 9.49. The first-order valence-corrected chi connectivity index (χ1v) is 11.4. The smallest absolute Gasteiger partial charge is 0.430 e. The minimum atomic E-state index is -4.97. The quantitative estimate of drug-likeness (QED) is 0.694. The SMILES string of the molecule is COc1ncccc1[C@@H]1CNC(=O)CC12CCN(C(=O)[C@](OC)(c1ccccc1)C(F)(F)F)CC2. The molecule has 188 valence electrons. The predicted octanol–water partition coefficient (Wildman–Crippen LogP) is 3.41. The Bertz CT molecular complexity index is 1070. The zero-order valence-corrected chi connectivity index (χ0v) is 19.6. The van der Waals surface area contributed by atoms with Gasteiger partial charge in [0.15, 0.2) is 0 Å². The Morgan fingerprint density at radius 3 is 2.40 bits per heavy atom. The van der Waals surface area contributed by atoms with Crippen LogP contribution < -0.4 is 10.1 Å². The summed E-state index contributed by atoms with van der Waals surface area (Å²) in [6.07, 6.45) is -2.41. The van der Waals surface area contributed by atoms with Gasteiger partial charge in [0.05, 0.1) is 7.11 Å². The van der Waals surface area contributed by atoms with Crippen LogP contribution in [-0.4, -0.2) is 61.7 Å². The van der Waals surface area contributed by atoms with E-state index in [1.165, 1.54) is 36.3 Å². The van der Waals surface area contributed by atoms with E-state index in [1.54, 1.807) is 18.3 Å². The molecule has 0 unspecified atom stereocenters. The first-order valence-electron chi connectivity index (χ1n) is 11.4. The molecule has 1 aromatic carbocycles. The number of amides is 2. The van der Waals surface area contributed by atoms with Gasteiger partial charge >= 0.3 is 6.18 Å². The van der Waals surface area contributed by atoms with E-state index in [9.17, 15) is 22.8 Å². The number of benzene rings is 1. The van der Waals surface area contributed by atoms with E-state index in [0.29, 0.717) is 25.3 Å². The Hall–Kier alpha value is -3.14. The van der Waals surface area contributed by atoms with Crippen LogP contribution in [0.4, 0.5) is 13.2 Å².